The van der Waals surface area contributed by atoms with Crippen LogP contribution in [0.15, 0.2) is 12.3 Å². The summed E-state index contributed by atoms with van der Waals surface area (Å²) in [5.74, 6) is -0.158. The van der Waals surface area contributed by atoms with Gasteiger partial charge in [0.05, 0.1) is 12.0 Å². The van der Waals surface area contributed by atoms with E-state index in [2.05, 4.69) is 4.74 Å². The van der Waals surface area contributed by atoms with Crippen molar-refractivity contribution in [2.24, 2.45) is 0 Å². The van der Waals surface area contributed by atoms with Gasteiger partial charge in [0.25, 0.3) is 0 Å². The Morgan fingerprint density at radius 1 is 1.25 bits per heavy atom. The fourth-order valence-corrected chi connectivity index (χ4v) is 1.32. The summed E-state index contributed by atoms with van der Waals surface area (Å²) < 4.78 is 4.52. The van der Waals surface area contributed by atoms with E-state index in [1.165, 1.54) is 7.11 Å². The number of carbonyl (C=O) groups excluding carboxylic acids is 1. The van der Waals surface area contributed by atoms with Crippen LogP contribution in [0.2, 0.25) is 0 Å². The third kappa shape index (κ3) is 10.7. The lowest BCUT2D eigenvalue weighted by atomic mass is 10.1. The van der Waals surface area contributed by atoms with E-state index in [0.717, 1.165) is 44.7 Å². The molecule has 92 valence electrons. The van der Waals surface area contributed by atoms with Gasteiger partial charge in [0.15, 0.2) is 0 Å². The summed E-state index contributed by atoms with van der Waals surface area (Å²) in [5.41, 5.74) is 0. The number of nitrogens with zero attached hydrogens (tertiary/aromatic N) is 1. The van der Waals surface area contributed by atoms with Gasteiger partial charge in [-0.25, -0.2) is 0 Å². The lowest BCUT2D eigenvalue weighted by molar-refractivity contribution is -0.402. The van der Waals surface area contributed by atoms with Crippen LogP contribution in [0.1, 0.15) is 44.9 Å². The maximum absolute atomic E-state index is 10.8. The maximum atomic E-state index is 10.8. The third-order valence-corrected chi connectivity index (χ3v) is 2.21. The molecule has 0 aliphatic carbocycles. The van der Waals surface area contributed by atoms with E-state index in [9.17, 15) is 14.9 Å². The first-order chi connectivity index (χ1) is 7.66. The third-order valence-electron chi connectivity index (χ3n) is 2.21. The maximum Gasteiger partial charge on any atom is 0.305 e. The molecule has 0 heterocycles. The molecule has 0 unspecified atom stereocenters. The molecule has 0 radical (unpaired) electrons. The van der Waals surface area contributed by atoms with Gasteiger partial charge in [-0.15, -0.1) is 0 Å². The highest BCUT2D eigenvalue weighted by Crippen LogP contribution is 2.07. The highest BCUT2D eigenvalue weighted by atomic mass is 16.6. The number of rotatable bonds is 9. The number of esters is 1. The van der Waals surface area contributed by atoms with Crippen molar-refractivity contribution in [3.63, 3.8) is 0 Å². The van der Waals surface area contributed by atoms with Crippen LogP contribution < -0.4 is 0 Å². The van der Waals surface area contributed by atoms with Crippen molar-refractivity contribution in [2.75, 3.05) is 7.11 Å². The normalized spacial score (nSPS) is 10.6. The topological polar surface area (TPSA) is 69.4 Å². The lowest BCUT2D eigenvalue weighted by Gasteiger charge is -1.99. The van der Waals surface area contributed by atoms with Crippen LogP contribution in [-0.4, -0.2) is 18.0 Å². The zero-order valence-corrected chi connectivity index (χ0v) is 9.68. The zero-order valence-electron chi connectivity index (χ0n) is 9.68. The predicted octanol–water partition coefficient (Wildman–Crippen LogP) is 2.68. The highest BCUT2D eigenvalue weighted by Gasteiger charge is 1.98. The van der Waals surface area contributed by atoms with Gasteiger partial charge in [-0.05, 0) is 25.3 Å². The van der Waals surface area contributed by atoms with Gasteiger partial charge in [0, 0.05) is 6.42 Å². The largest absolute Gasteiger partial charge is 0.469 e. The molecule has 0 bridgehead atoms. The number of methoxy groups -OCH3 is 1. The highest BCUT2D eigenvalue weighted by molar-refractivity contribution is 5.68. The van der Waals surface area contributed by atoms with Crippen molar-refractivity contribution in [3.05, 3.63) is 22.4 Å². The second-order valence-electron chi connectivity index (χ2n) is 3.55. The Bertz CT molecular complexity index is 238. The Morgan fingerprint density at radius 2 is 1.88 bits per heavy atom. The molecular formula is C11H19NO4. The van der Waals surface area contributed by atoms with Gasteiger partial charge in [-0.2, -0.15) is 0 Å². The van der Waals surface area contributed by atoms with Crippen LogP contribution in [-0.2, 0) is 9.53 Å². The first-order valence-electron chi connectivity index (χ1n) is 5.53. The molecule has 0 N–H and O–H groups in total. The lowest BCUT2D eigenvalue weighted by Crippen LogP contribution is -1.99. The number of hydrogen-bond donors (Lipinski definition) is 0. The predicted molar refractivity (Wildman–Crippen MR) is 60.5 cm³/mol. The van der Waals surface area contributed by atoms with Crippen LogP contribution >= 0.6 is 0 Å². The first kappa shape index (κ1) is 14.6. The standard InChI is InChI=1S/C11H19NO4/c1-16-11(13)9-7-5-3-2-4-6-8-10-12(14)15/h8,10H,2-7,9H2,1H3. The Morgan fingerprint density at radius 3 is 2.50 bits per heavy atom. The quantitative estimate of drug-likeness (QED) is 0.264. The molecule has 0 saturated heterocycles. The summed E-state index contributed by atoms with van der Waals surface area (Å²) in [4.78, 5) is 20.2. The summed E-state index contributed by atoms with van der Waals surface area (Å²) in [6, 6.07) is 0. The molecule has 0 aromatic rings. The van der Waals surface area contributed by atoms with Crippen LogP contribution in [0.5, 0.6) is 0 Å². The summed E-state index contributed by atoms with van der Waals surface area (Å²) >= 11 is 0. The average Bonchev–Trinajstić information content (AvgIpc) is 2.26. The Kier molecular flexibility index (Phi) is 9.26. The molecule has 0 saturated carbocycles. The molecule has 5 heteroatoms. The van der Waals surface area contributed by atoms with Crippen LogP contribution in [0.25, 0.3) is 0 Å². The summed E-state index contributed by atoms with van der Waals surface area (Å²) in [6.45, 7) is 0. The minimum absolute atomic E-state index is 0.158. The van der Waals surface area contributed by atoms with E-state index in [0.29, 0.717) is 6.42 Å². The van der Waals surface area contributed by atoms with E-state index >= 15 is 0 Å². The number of ether oxygens (including phenoxy) is 1. The van der Waals surface area contributed by atoms with E-state index in [4.69, 9.17) is 0 Å². The van der Waals surface area contributed by atoms with Crippen molar-refractivity contribution < 1.29 is 14.5 Å². The fraction of sp³-hybridized carbons (Fsp3) is 0.727. The molecule has 0 aliphatic rings. The molecule has 0 fully saturated rings. The summed E-state index contributed by atoms with van der Waals surface area (Å²) in [6.07, 6.45) is 8.72. The van der Waals surface area contributed by atoms with Gasteiger partial charge < -0.3 is 4.74 Å². The van der Waals surface area contributed by atoms with E-state index < -0.39 is 4.92 Å². The van der Waals surface area contributed by atoms with Crippen molar-refractivity contribution in [3.8, 4) is 0 Å². The number of carbonyl (C=O) groups is 1. The number of hydrogen-bond acceptors (Lipinski definition) is 4. The Balaban J connectivity index is 3.16. The minimum atomic E-state index is -0.448. The van der Waals surface area contributed by atoms with Crippen molar-refractivity contribution >= 4 is 5.97 Å². The molecule has 0 atom stereocenters. The molecule has 0 rings (SSSR count). The summed E-state index contributed by atoms with van der Waals surface area (Å²) in [7, 11) is 1.39. The fourth-order valence-electron chi connectivity index (χ4n) is 1.32. The van der Waals surface area contributed by atoms with Crippen LogP contribution in [0.3, 0.4) is 0 Å². The monoisotopic (exact) mass is 229 g/mol. The molecule has 16 heavy (non-hydrogen) atoms. The molecule has 0 spiro atoms. The zero-order chi connectivity index (χ0) is 12.2. The number of nitro groups is 1. The minimum Gasteiger partial charge on any atom is -0.469 e. The van der Waals surface area contributed by atoms with Gasteiger partial charge >= 0.3 is 5.97 Å². The number of unbranched alkanes of at least 4 members (excludes halogenated alkanes) is 5. The molecular weight excluding hydrogens is 210 g/mol. The molecule has 0 amide bonds. The van der Waals surface area contributed by atoms with Crippen LogP contribution in [0, 0.1) is 10.1 Å². The van der Waals surface area contributed by atoms with Crippen molar-refractivity contribution in [2.45, 2.75) is 44.9 Å². The van der Waals surface area contributed by atoms with E-state index in [1.54, 1.807) is 6.08 Å². The summed E-state index contributed by atoms with van der Waals surface area (Å²) in [5, 5.41) is 9.94. The average molecular weight is 229 g/mol. The van der Waals surface area contributed by atoms with Gasteiger partial charge in [-0.1, -0.05) is 19.3 Å². The van der Waals surface area contributed by atoms with Crippen molar-refractivity contribution in [1.29, 1.82) is 0 Å². The van der Waals surface area contributed by atoms with Crippen LogP contribution in [0.4, 0.5) is 0 Å². The van der Waals surface area contributed by atoms with Gasteiger partial charge in [0.2, 0.25) is 6.20 Å². The van der Waals surface area contributed by atoms with E-state index in [-0.39, 0.29) is 5.97 Å². The number of allylic oxidation sites excluding steroid dienone is 1. The van der Waals surface area contributed by atoms with Crippen molar-refractivity contribution in [1.82, 2.24) is 0 Å². The Hall–Kier alpha value is -1.39. The molecule has 0 aliphatic heterocycles. The van der Waals surface area contributed by atoms with Gasteiger partial charge in [-0.3, -0.25) is 14.9 Å². The SMILES string of the molecule is COC(=O)CCCCCCCC=C[N+](=O)[O-]. The molecule has 0 aromatic carbocycles. The van der Waals surface area contributed by atoms with E-state index in [1.807, 2.05) is 0 Å². The van der Waals surface area contributed by atoms with Gasteiger partial charge in [0.1, 0.15) is 0 Å². The second kappa shape index (κ2) is 10.1. The smallest absolute Gasteiger partial charge is 0.305 e. The molecule has 5 nitrogen and oxygen atoms in total. The second-order valence-corrected chi connectivity index (χ2v) is 3.55. The first-order valence-corrected chi connectivity index (χ1v) is 5.53. The Labute approximate surface area is 95.6 Å². The molecule has 0 aromatic heterocycles.